The third-order valence-corrected chi connectivity index (χ3v) is 2.37. The van der Waals surface area contributed by atoms with Crippen molar-refractivity contribution >= 4 is 23.3 Å². The summed E-state index contributed by atoms with van der Waals surface area (Å²) in [6, 6.07) is 6.60. The van der Waals surface area contributed by atoms with Crippen LogP contribution in [0.3, 0.4) is 0 Å². The zero-order valence-corrected chi connectivity index (χ0v) is 8.51. The summed E-state index contributed by atoms with van der Waals surface area (Å²) in [6.07, 6.45) is 0. The van der Waals surface area contributed by atoms with Crippen molar-refractivity contribution in [1.29, 1.82) is 0 Å². The summed E-state index contributed by atoms with van der Waals surface area (Å²) in [5.74, 6) is -3.15. The van der Waals surface area contributed by atoms with Crippen LogP contribution in [0.15, 0.2) is 29.3 Å². The lowest BCUT2D eigenvalue weighted by molar-refractivity contribution is -0.138. The first-order valence-electron chi connectivity index (χ1n) is 4.63. The van der Waals surface area contributed by atoms with Crippen LogP contribution in [-0.4, -0.2) is 29.9 Å². The molecule has 2 rings (SSSR count). The summed E-state index contributed by atoms with van der Waals surface area (Å²) in [5, 5.41) is 8.95. The average molecular weight is 219 g/mol. The van der Waals surface area contributed by atoms with E-state index in [1.165, 1.54) is 7.11 Å². The maximum absolute atomic E-state index is 11.9. The number of benzene rings is 1. The summed E-state index contributed by atoms with van der Waals surface area (Å²) in [6.45, 7) is 0. The lowest BCUT2D eigenvalue weighted by atomic mass is 9.93. The number of hydrogen-bond acceptors (Lipinski definition) is 4. The first kappa shape index (κ1) is 10.4. The fraction of sp³-hybridized carbons (Fsp3) is 0.182. The van der Waals surface area contributed by atoms with Crippen molar-refractivity contribution in [3.8, 4) is 0 Å². The predicted octanol–water partition coefficient (Wildman–Crippen LogP) is 1.26. The van der Waals surface area contributed by atoms with Gasteiger partial charge in [0.15, 0.2) is 11.7 Å². The van der Waals surface area contributed by atoms with Crippen LogP contribution >= 0.6 is 0 Å². The monoisotopic (exact) mass is 219 g/mol. The van der Waals surface area contributed by atoms with Crippen LogP contribution in [0.1, 0.15) is 10.4 Å². The average Bonchev–Trinajstić information content (AvgIpc) is 2.28. The highest BCUT2D eigenvalue weighted by Crippen LogP contribution is 2.28. The van der Waals surface area contributed by atoms with Gasteiger partial charge in [-0.3, -0.25) is 9.59 Å². The van der Waals surface area contributed by atoms with Crippen LogP contribution in [0.4, 0.5) is 5.69 Å². The molecule has 1 atom stereocenters. The number of carbonyl (C=O) groups is 2. The zero-order valence-electron chi connectivity index (χ0n) is 8.51. The molecule has 1 N–H and O–H groups in total. The molecule has 1 aromatic carbocycles. The molecule has 0 saturated heterocycles. The van der Waals surface area contributed by atoms with E-state index in [9.17, 15) is 9.59 Å². The highest BCUT2D eigenvalue weighted by atomic mass is 16.5. The Kier molecular flexibility index (Phi) is 2.44. The fourth-order valence-electron chi connectivity index (χ4n) is 1.61. The minimum Gasteiger partial charge on any atom is -0.483 e. The Morgan fingerprint density at radius 3 is 2.75 bits per heavy atom. The lowest BCUT2D eigenvalue weighted by Gasteiger charge is -2.19. The second-order valence-electron chi connectivity index (χ2n) is 3.31. The zero-order chi connectivity index (χ0) is 11.7. The molecule has 16 heavy (non-hydrogen) atoms. The third kappa shape index (κ3) is 1.46. The molecule has 1 heterocycles. The van der Waals surface area contributed by atoms with Gasteiger partial charge >= 0.3 is 5.97 Å². The van der Waals surface area contributed by atoms with Gasteiger partial charge in [0.05, 0.1) is 12.8 Å². The summed E-state index contributed by atoms with van der Waals surface area (Å²) >= 11 is 0. The van der Waals surface area contributed by atoms with Gasteiger partial charge in [0.25, 0.3) is 0 Å². The number of nitrogens with zero attached hydrogens (tertiary/aromatic N) is 1. The van der Waals surface area contributed by atoms with Gasteiger partial charge in [-0.2, -0.15) is 0 Å². The number of carbonyl (C=O) groups excluding carboxylic acids is 1. The number of fused-ring (bicyclic) bond motifs is 1. The number of carboxylic acids is 1. The van der Waals surface area contributed by atoms with Gasteiger partial charge in [0.1, 0.15) is 0 Å². The largest absolute Gasteiger partial charge is 0.483 e. The van der Waals surface area contributed by atoms with E-state index in [4.69, 9.17) is 9.84 Å². The number of Topliss-reactive ketones (excluding diaryl/α,β-unsaturated/α-hetero) is 1. The summed E-state index contributed by atoms with van der Waals surface area (Å²) < 4.78 is 4.84. The molecule has 82 valence electrons. The van der Waals surface area contributed by atoms with Crippen LogP contribution in [0.5, 0.6) is 0 Å². The smallest absolute Gasteiger partial charge is 0.324 e. The number of aliphatic imine (C=N–C) groups is 1. The van der Waals surface area contributed by atoms with E-state index >= 15 is 0 Å². The van der Waals surface area contributed by atoms with Crippen LogP contribution in [0.25, 0.3) is 0 Å². The summed E-state index contributed by atoms with van der Waals surface area (Å²) in [4.78, 5) is 26.9. The molecule has 0 saturated carbocycles. The molecule has 0 radical (unpaired) electrons. The molecule has 1 unspecified atom stereocenters. The lowest BCUT2D eigenvalue weighted by Crippen LogP contribution is -2.35. The molecular formula is C11H9NO4. The van der Waals surface area contributed by atoms with Crippen molar-refractivity contribution < 1.29 is 19.4 Å². The van der Waals surface area contributed by atoms with Gasteiger partial charge in [0.2, 0.25) is 5.90 Å². The van der Waals surface area contributed by atoms with Crippen LogP contribution in [0.2, 0.25) is 0 Å². The Hall–Kier alpha value is -2.17. The Bertz CT molecular complexity index is 493. The number of rotatable bonds is 1. The van der Waals surface area contributed by atoms with Crippen molar-refractivity contribution in [1.82, 2.24) is 0 Å². The van der Waals surface area contributed by atoms with Crippen LogP contribution < -0.4 is 0 Å². The van der Waals surface area contributed by atoms with E-state index in [0.29, 0.717) is 11.3 Å². The van der Waals surface area contributed by atoms with Crippen LogP contribution in [-0.2, 0) is 9.53 Å². The van der Waals surface area contributed by atoms with Gasteiger partial charge in [-0.15, -0.1) is 0 Å². The number of methoxy groups -OCH3 is 1. The van der Waals surface area contributed by atoms with E-state index in [-0.39, 0.29) is 5.90 Å². The van der Waals surface area contributed by atoms with Gasteiger partial charge in [-0.25, -0.2) is 4.99 Å². The second kappa shape index (κ2) is 3.77. The van der Waals surface area contributed by atoms with Crippen molar-refractivity contribution in [2.75, 3.05) is 7.11 Å². The number of hydrogen-bond donors (Lipinski definition) is 1. The number of carboxylic acid groups (broad SMARTS) is 1. The van der Waals surface area contributed by atoms with Gasteiger partial charge in [-0.05, 0) is 12.1 Å². The molecule has 1 aromatic rings. The van der Waals surface area contributed by atoms with E-state index < -0.39 is 17.7 Å². The highest BCUT2D eigenvalue weighted by molar-refractivity contribution is 6.25. The van der Waals surface area contributed by atoms with Gasteiger partial charge in [0, 0.05) is 5.56 Å². The van der Waals surface area contributed by atoms with E-state index in [0.717, 1.165) is 0 Å². The maximum Gasteiger partial charge on any atom is 0.324 e. The summed E-state index contributed by atoms with van der Waals surface area (Å²) in [7, 11) is 1.30. The molecule has 5 heteroatoms. The Morgan fingerprint density at radius 2 is 2.12 bits per heavy atom. The first-order chi connectivity index (χ1) is 7.65. The minimum absolute atomic E-state index is 0.0730. The number of ketones is 1. The standard InChI is InChI=1S/C11H9NO4/c1-16-10-8(11(14)15)9(13)6-4-2-3-5-7(6)12-10/h2-5,8H,1H3,(H,14,15). The van der Waals surface area contributed by atoms with E-state index in [1.54, 1.807) is 24.3 Å². The highest BCUT2D eigenvalue weighted by Gasteiger charge is 2.38. The van der Waals surface area contributed by atoms with Crippen molar-refractivity contribution in [3.05, 3.63) is 29.8 Å². The molecule has 1 aliphatic heterocycles. The Balaban J connectivity index is 2.58. The molecule has 5 nitrogen and oxygen atoms in total. The topological polar surface area (TPSA) is 76.0 Å². The molecule has 0 spiro atoms. The molecule has 1 aliphatic rings. The molecular weight excluding hydrogens is 210 g/mol. The maximum atomic E-state index is 11.9. The van der Waals surface area contributed by atoms with Crippen molar-refractivity contribution in [2.24, 2.45) is 10.9 Å². The molecule has 0 bridgehead atoms. The van der Waals surface area contributed by atoms with Gasteiger partial charge in [-0.1, -0.05) is 12.1 Å². The minimum atomic E-state index is -1.33. The predicted molar refractivity (Wildman–Crippen MR) is 56.0 cm³/mol. The molecule has 0 aliphatic carbocycles. The number of aliphatic carboxylic acids is 1. The molecule has 0 aromatic heterocycles. The van der Waals surface area contributed by atoms with Crippen LogP contribution in [0, 0.1) is 5.92 Å². The SMILES string of the molecule is COC1=Nc2ccccc2C(=O)C1C(=O)O. The summed E-state index contributed by atoms with van der Waals surface area (Å²) in [5.41, 5.74) is 0.762. The van der Waals surface area contributed by atoms with Crippen molar-refractivity contribution in [3.63, 3.8) is 0 Å². The van der Waals surface area contributed by atoms with Gasteiger partial charge < -0.3 is 9.84 Å². The second-order valence-corrected chi connectivity index (χ2v) is 3.31. The number of para-hydroxylation sites is 1. The Morgan fingerprint density at radius 1 is 1.44 bits per heavy atom. The molecule has 0 fully saturated rings. The fourth-order valence-corrected chi connectivity index (χ4v) is 1.61. The molecule has 0 amide bonds. The van der Waals surface area contributed by atoms with Crippen molar-refractivity contribution in [2.45, 2.75) is 0 Å². The normalized spacial score (nSPS) is 18.7. The Labute approximate surface area is 91.4 Å². The third-order valence-electron chi connectivity index (χ3n) is 2.37. The number of ether oxygens (including phenoxy) is 1. The van der Waals surface area contributed by atoms with E-state index in [2.05, 4.69) is 4.99 Å². The quantitative estimate of drug-likeness (QED) is 0.721. The first-order valence-corrected chi connectivity index (χ1v) is 4.63. The van der Waals surface area contributed by atoms with E-state index in [1.807, 2.05) is 0 Å².